The van der Waals surface area contributed by atoms with Crippen LogP contribution in [0.15, 0.2) is 22.7 Å². The Morgan fingerprint density at radius 3 is 2.40 bits per heavy atom. The molecule has 0 unspecified atom stereocenters. The Morgan fingerprint density at radius 2 is 1.80 bits per heavy atom. The van der Waals surface area contributed by atoms with Crippen LogP contribution in [0.2, 0.25) is 10.0 Å². The molecule has 2 aromatic rings. The van der Waals surface area contributed by atoms with Crippen LogP contribution in [0.4, 0.5) is 0 Å². The number of benzene rings is 1. The molecule has 0 amide bonds. The Balaban J connectivity index is 2.15. The lowest BCUT2D eigenvalue weighted by Crippen LogP contribution is -1.99. The van der Waals surface area contributed by atoms with E-state index < -0.39 is 0 Å². The van der Waals surface area contributed by atoms with Gasteiger partial charge in [-0.15, -0.1) is 0 Å². The van der Waals surface area contributed by atoms with Gasteiger partial charge in [-0.05, 0) is 37.0 Å². The highest BCUT2D eigenvalue weighted by atomic mass is 35.5. The van der Waals surface area contributed by atoms with Crippen LogP contribution < -0.4 is 0 Å². The van der Waals surface area contributed by atoms with Crippen molar-refractivity contribution in [1.29, 1.82) is 0 Å². The van der Waals surface area contributed by atoms with E-state index in [4.69, 9.17) is 27.7 Å². The maximum atomic E-state index is 9.47. The van der Waals surface area contributed by atoms with Gasteiger partial charge in [0.25, 0.3) is 0 Å². The lowest BCUT2D eigenvalue weighted by molar-refractivity contribution is 0.276. The molecule has 108 valence electrons. The van der Waals surface area contributed by atoms with Crippen molar-refractivity contribution in [1.82, 2.24) is 5.16 Å². The van der Waals surface area contributed by atoms with E-state index in [2.05, 4.69) is 12.1 Å². The molecule has 0 bridgehead atoms. The number of aliphatic hydroxyl groups is 1. The lowest BCUT2D eigenvalue weighted by atomic mass is 10.0. The largest absolute Gasteiger partial charge is 0.391 e. The molecule has 0 atom stereocenters. The molecule has 0 aliphatic carbocycles. The van der Waals surface area contributed by atoms with Crippen molar-refractivity contribution in [3.63, 3.8) is 0 Å². The van der Waals surface area contributed by atoms with Crippen molar-refractivity contribution in [3.05, 3.63) is 50.8 Å². The highest BCUT2D eigenvalue weighted by molar-refractivity contribution is 6.35. The molecule has 5 heteroatoms. The zero-order valence-electron chi connectivity index (χ0n) is 11.3. The van der Waals surface area contributed by atoms with E-state index in [1.54, 1.807) is 0 Å². The van der Waals surface area contributed by atoms with Crippen molar-refractivity contribution in [2.45, 2.75) is 39.2 Å². The maximum absolute atomic E-state index is 9.47. The fourth-order valence-electron chi connectivity index (χ4n) is 2.20. The van der Waals surface area contributed by atoms with Crippen molar-refractivity contribution < 1.29 is 9.63 Å². The molecule has 0 radical (unpaired) electrons. The van der Waals surface area contributed by atoms with Crippen LogP contribution in [0.3, 0.4) is 0 Å². The van der Waals surface area contributed by atoms with E-state index in [0.717, 1.165) is 35.4 Å². The highest BCUT2D eigenvalue weighted by Crippen LogP contribution is 2.26. The highest BCUT2D eigenvalue weighted by Gasteiger charge is 2.15. The van der Waals surface area contributed by atoms with Gasteiger partial charge < -0.3 is 9.63 Å². The SMILES string of the molecule is CCCc1onc(CCc2c(Cl)cccc2Cl)c1CO. The van der Waals surface area contributed by atoms with Crippen molar-refractivity contribution >= 4 is 23.2 Å². The minimum atomic E-state index is -0.0512. The van der Waals surface area contributed by atoms with Crippen LogP contribution >= 0.6 is 23.2 Å². The molecule has 20 heavy (non-hydrogen) atoms. The van der Waals surface area contributed by atoms with E-state index in [0.29, 0.717) is 22.9 Å². The third-order valence-electron chi connectivity index (χ3n) is 3.26. The van der Waals surface area contributed by atoms with E-state index >= 15 is 0 Å². The summed E-state index contributed by atoms with van der Waals surface area (Å²) in [5, 5.41) is 14.8. The molecule has 2 rings (SSSR count). The van der Waals surface area contributed by atoms with Crippen LogP contribution in [0, 0.1) is 0 Å². The molecule has 0 aliphatic heterocycles. The topological polar surface area (TPSA) is 46.3 Å². The molecular formula is C15H17Cl2NO2. The van der Waals surface area contributed by atoms with E-state index in [1.165, 1.54) is 0 Å². The molecule has 0 spiro atoms. The number of nitrogens with zero attached hydrogens (tertiary/aromatic N) is 1. The van der Waals surface area contributed by atoms with Crippen LogP contribution in [-0.4, -0.2) is 10.3 Å². The lowest BCUT2D eigenvalue weighted by Gasteiger charge is -2.06. The van der Waals surface area contributed by atoms with Crippen LogP contribution in [-0.2, 0) is 25.9 Å². The number of aryl methyl sites for hydroxylation is 2. The number of hydrogen-bond donors (Lipinski definition) is 1. The van der Waals surface area contributed by atoms with Gasteiger partial charge in [-0.25, -0.2) is 0 Å². The maximum Gasteiger partial charge on any atom is 0.142 e. The molecule has 0 aliphatic rings. The summed E-state index contributed by atoms with van der Waals surface area (Å²) in [4.78, 5) is 0. The average molecular weight is 314 g/mol. The second kappa shape index (κ2) is 7.11. The monoisotopic (exact) mass is 313 g/mol. The Kier molecular flexibility index (Phi) is 5.46. The number of aromatic nitrogens is 1. The summed E-state index contributed by atoms with van der Waals surface area (Å²) in [6.45, 7) is 2.01. The summed E-state index contributed by atoms with van der Waals surface area (Å²) in [6, 6.07) is 5.46. The number of halogens is 2. The van der Waals surface area contributed by atoms with Gasteiger partial charge in [0.05, 0.1) is 12.3 Å². The summed E-state index contributed by atoms with van der Waals surface area (Å²) >= 11 is 12.3. The van der Waals surface area contributed by atoms with Crippen molar-refractivity contribution in [3.8, 4) is 0 Å². The van der Waals surface area contributed by atoms with E-state index in [-0.39, 0.29) is 6.61 Å². The Labute approximate surface area is 128 Å². The quantitative estimate of drug-likeness (QED) is 0.868. The molecule has 1 aromatic heterocycles. The van der Waals surface area contributed by atoms with Gasteiger partial charge >= 0.3 is 0 Å². The van der Waals surface area contributed by atoms with E-state index in [9.17, 15) is 5.11 Å². The van der Waals surface area contributed by atoms with Gasteiger partial charge in [-0.2, -0.15) is 0 Å². The Morgan fingerprint density at radius 1 is 1.10 bits per heavy atom. The van der Waals surface area contributed by atoms with Crippen LogP contribution in [0.25, 0.3) is 0 Å². The molecule has 3 nitrogen and oxygen atoms in total. The summed E-state index contributed by atoms with van der Waals surface area (Å²) in [5.41, 5.74) is 2.49. The predicted molar refractivity (Wildman–Crippen MR) is 80.3 cm³/mol. The van der Waals surface area contributed by atoms with Gasteiger partial charge in [0.15, 0.2) is 0 Å². The second-order valence-corrected chi connectivity index (χ2v) is 5.45. The fraction of sp³-hybridized carbons (Fsp3) is 0.400. The first-order valence-electron chi connectivity index (χ1n) is 6.67. The first-order chi connectivity index (χ1) is 9.67. The molecule has 1 N–H and O–H groups in total. The zero-order valence-corrected chi connectivity index (χ0v) is 12.8. The van der Waals surface area contributed by atoms with Gasteiger partial charge in [-0.3, -0.25) is 0 Å². The van der Waals surface area contributed by atoms with Crippen LogP contribution in [0.1, 0.15) is 35.9 Å². The third kappa shape index (κ3) is 3.35. The third-order valence-corrected chi connectivity index (χ3v) is 3.97. The molecule has 0 fully saturated rings. The number of aliphatic hydroxyl groups excluding tert-OH is 1. The molecule has 1 aromatic carbocycles. The number of hydrogen-bond acceptors (Lipinski definition) is 3. The molecule has 0 saturated heterocycles. The normalized spacial score (nSPS) is 11.0. The van der Waals surface area contributed by atoms with Gasteiger partial charge in [-0.1, -0.05) is 41.3 Å². The minimum Gasteiger partial charge on any atom is -0.391 e. The predicted octanol–water partition coefficient (Wildman–Crippen LogP) is 4.21. The smallest absolute Gasteiger partial charge is 0.142 e. The van der Waals surface area contributed by atoms with Crippen molar-refractivity contribution in [2.75, 3.05) is 0 Å². The van der Waals surface area contributed by atoms with Gasteiger partial charge in [0.2, 0.25) is 0 Å². The minimum absolute atomic E-state index is 0.0512. The summed E-state index contributed by atoms with van der Waals surface area (Å²) in [6.07, 6.45) is 3.06. The summed E-state index contributed by atoms with van der Waals surface area (Å²) < 4.78 is 5.30. The Hall–Kier alpha value is -1.03. The van der Waals surface area contributed by atoms with Crippen LogP contribution in [0.5, 0.6) is 0 Å². The Bertz CT molecular complexity index is 561. The van der Waals surface area contributed by atoms with Gasteiger partial charge in [0, 0.05) is 22.0 Å². The summed E-state index contributed by atoms with van der Waals surface area (Å²) in [7, 11) is 0. The molecule has 1 heterocycles. The average Bonchev–Trinajstić information content (AvgIpc) is 2.81. The van der Waals surface area contributed by atoms with E-state index in [1.807, 2.05) is 18.2 Å². The summed E-state index contributed by atoms with van der Waals surface area (Å²) in [5.74, 6) is 0.773. The van der Waals surface area contributed by atoms with Crippen molar-refractivity contribution in [2.24, 2.45) is 0 Å². The zero-order chi connectivity index (χ0) is 14.5. The number of rotatable bonds is 6. The first-order valence-corrected chi connectivity index (χ1v) is 7.43. The van der Waals surface area contributed by atoms with Gasteiger partial charge in [0.1, 0.15) is 5.76 Å². The molecular weight excluding hydrogens is 297 g/mol. The standard InChI is InChI=1S/C15H17Cl2NO2/c1-2-4-15-11(9-19)14(18-20-15)8-7-10-12(16)5-3-6-13(10)17/h3,5-6,19H,2,4,7-9H2,1H3. The molecule has 0 saturated carbocycles. The second-order valence-electron chi connectivity index (χ2n) is 4.64. The first kappa shape index (κ1) is 15.4. The fourth-order valence-corrected chi connectivity index (χ4v) is 2.78.